The van der Waals surface area contributed by atoms with Crippen molar-refractivity contribution in [3.63, 3.8) is 0 Å². The lowest BCUT2D eigenvalue weighted by Gasteiger charge is -2.28. The Labute approximate surface area is 201 Å². The number of amides is 1. The van der Waals surface area contributed by atoms with Crippen LogP contribution in [0.1, 0.15) is 50.4 Å². The van der Waals surface area contributed by atoms with Crippen LogP contribution in [0, 0.1) is 0 Å². The molecule has 3 rings (SSSR count). The van der Waals surface area contributed by atoms with E-state index in [1.807, 2.05) is 39.8 Å². The number of benzene rings is 2. The van der Waals surface area contributed by atoms with Crippen molar-refractivity contribution < 1.29 is 24.5 Å². The largest absolute Gasteiger partial charge is 0.507 e. The van der Waals surface area contributed by atoms with Crippen molar-refractivity contribution in [3.05, 3.63) is 64.7 Å². The average Bonchev–Trinajstić information content (AvgIpc) is 3.10. The zero-order chi connectivity index (χ0) is 24.8. The number of likely N-dealkylation sites (tertiary alicyclic amines) is 1. The van der Waals surface area contributed by atoms with Crippen LogP contribution in [0.25, 0.3) is 5.76 Å². The van der Waals surface area contributed by atoms with Gasteiger partial charge in [0, 0.05) is 18.7 Å². The molecule has 0 aromatic heterocycles. The second-order valence-electron chi connectivity index (χ2n) is 8.23. The fourth-order valence-electron chi connectivity index (χ4n) is 4.27. The van der Waals surface area contributed by atoms with E-state index in [2.05, 4.69) is 4.90 Å². The van der Waals surface area contributed by atoms with E-state index < -0.39 is 17.7 Å². The van der Waals surface area contributed by atoms with Crippen LogP contribution < -0.4 is 4.74 Å². The first-order valence-corrected chi connectivity index (χ1v) is 11.9. The predicted octanol–water partition coefficient (Wildman–Crippen LogP) is 4.12. The fourth-order valence-corrected chi connectivity index (χ4v) is 4.27. The molecule has 0 spiro atoms. The molecule has 1 aliphatic heterocycles. The summed E-state index contributed by atoms with van der Waals surface area (Å²) >= 11 is 0. The number of aliphatic hydroxyl groups excluding tert-OH is 1. The number of Topliss-reactive ketones (excluding diaryl/α,β-unsaturated/α-hetero) is 1. The van der Waals surface area contributed by atoms with Crippen LogP contribution in [-0.2, 0) is 16.0 Å². The number of ketones is 1. The van der Waals surface area contributed by atoms with Gasteiger partial charge in [-0.2, -0.15) is 0 Å². The Hall–Kier alpha value is -3.32. The number of rotatable bonds is 10. The van der Waals surface area contributed by atoms with Gasteiger partial charge in [0.1, 0.15) is 5.76 Å². The van der Waals surface area contributed by atoms with Crippen LogP contribution in [0.2, 0.25) is 0 Å². The summed E-state index contributed by atoms with van der Waals surface area (Å²) in [5.41, 5.74) is 2.22. The molecule has 1 saturated heterocycles. The van der Waals surface area contributed by atoms with Crippen molar-refractivity contribution in [2.45, 2.75) is 40.2 Å². The lowest BCUT2D eigenvalue weighted by molar-refractivity contribution is -0.140. The number of likely N-dealkylation sites (N-methyl/N-ethyl adjacent to an activating group) is 1. The predicted molar refractivity (Wildman–Crippen MR) is 132 cm³/mol. The maximum absolute atomic E-state index is 13.2. The Balaban J connectivity index is 2.13. The van der Waals surface area contributed by atoms with Gasteiger partial charge < -0.3 is 24.7 Å². The molecule has 1 unspecified atom stereocenters. The van der Waals surface area contributed by atoms with Crippen LogP contribution in [0.15, 0.2) is 48.0 Å². The summed E-state index contributed by atoms with van der Waals surface area (Å²) in [5.74, 6) is -1.33. The van der Waals surface area contributed by atoms with Gasteiger partial charge in [-0.25, -0.2) is 0 Å². The molecule has 7 heteroatoms. The summed E-state index contributed by atoms with van der Waals surface area (Å²) in [7, 11) is 0. The number of aryl methyl sites for hydroxylation is 1. The Bertz CT molecular complexity index is 1060. The maximum atomic E-state index is 13.2. The minimum absolute atomic E-state index is 0.0270. The third-order valence-electron chi connectivity index (χ3n) is 6.33. The first kappa shape index (κ1) is 25.3. The van der Waals surface area contributed by atoms with Crippen molar-refractivity contribution >= 4 is 17.4 Å². The summed E-state index contributed by atoms with van der Waals surface area (Å²) in [6, 6.07) is 11.3. The van der Waals surface area contributed by atoms with Gasteiger partial charge in [-0.05, 0) is 49.7 Å². The molecule has 2 aromatic rings. The highest BCUT2D eigenvalue weighted by molar-refractivity contribution is 6.46. The number of carbonyl (C=O) groups excluding carboxylic acids is 2. The second-order valence-corrected chi connectivity index (χ2v) is 8.23. The molecule has 1 amide bonds. The van der Waals surface area contributed by atoms with Gasteiger partial charge >= 0.3 is 0 Å². The van der Waals surface area contributed by atoms with Crippen LogP contribution in [-0.4, -0.2) is 64.5 Å². The molecule has 2 N–H and O–H groups in total. The summed E-state index contributed by atoms with van der Waals surface area (Å²) in [6.07, 6.45) is 0.852. The summed E-state index contributed by atoms with van der Waals surface area (Å²) in [6.45, 7) is 10.9. The lowest BCUT2D eigenvalue weighted by atomic mass is 9.94. The molecule has 1 heterocycles. The van der Waals surface area contributed by atoms with Crippen LogP contribution in [0.3, 0.4) is 0 Å². The summed E-state index contributed by atoms with van der Waals surface area (Å²) in [4.78, 5) is 30.0. The Morgan fingerprint density at radius 2 is 1.71 bits per heavy atom. The molecule has 0 radical (unpaired) electrons. The van der Waals surface area contributed by atoms with Gasteiger partial charge in [-0.15, -0.1) is 0 Å². The fraction of sp³-hybridized carbons (Fsp3) is 0.407. The third kappa shape index (κ3) is 5.09. The molecule has 2 aromatic carbocycles. The molecule has 1 aliphatic rings. The van der Waals surface area contributed by atoms with Gasteiger partial charge in [0.15, 0.2) is 11.5 Å². The SMILES string of the molecule is CCOc1cc(C2/C(=C(/O)c3ccc(CC)cc3)C(=O)C(=O)N2CCN(CC)CC)ccc1O. The van der Waals surface area contributed by atoms with E-state index in [0.717, 1.165) is 25.1 Å². The van der Waals surface area contributed by atoms with E-state index in [0.29, 0.717) is 30.8 Å². The highest BCUT2D eigenvalue weighted by Crippen LogP contribution is 2.41. The Morgan fingerprint density at radius 3 is 2.29 bits per heavy atom. The smallest absolute Gasteiger partial charge is 0.295 e. The first-order chi connectivity index (χ1) is 16.4. The topological polar surface area (TPSA) is 90.3 Å². The minimum Gasteiger partial charge on any atom is -0.507 e. The highest BCUT2D eigenvalue weighted by Gasteiger charge is 2.46. The number of phenolic OH excluding ortho intramolecular Hbond substituents is 1. The van der Waals surface area contributed by atoms with Gasteiger partial charge in [-0.1, -0.05) is 51.1 Å². The zero-order valence-corrected chi connectivity index (χ0v) is 20.4. The number of phenols is 1. The van der Waals surface area contributed by atoms with E-state index >= 15 is 0 Å². The van der Waals surface area contributed by atoms with Crippen LogP contribution in [0.5, 0.6) is 11.5 Å². The van der Waals surface area contributed by atoms with E-state index in [1.165, 1.54) is 11.0 Å². The van der Waals surface area contributed by atoms with E-state index in [1.54, 1.807) is 24.3 Å². The maximum Gasteiger partial charge on any atom is 0.295 e. The molecule has 1 fully saturated rings. The molecule has 0 aliphatic carbocycles. The minimum atomic E-state index is -0.791. The molecule has 1 atom stereocenters. The van der Waals surface area contributed by atoms with Crippen molar-refractivity contribution in [1.82, 2.24) is 9.80 Å². The Kier molecular flexibility index (Phi) is 8.34. The number of hydrogen-bond acceptors (Lipinski definition) is 6. The molecular weight excluding hydrogens is 432 g/mol. The number of hydrogen-bond donors (Lipinski definition) is 2. The Morgan fingerprint density at radius 1 is 1.03 bits per heavy atom. The number of carbonyl (C=O) groups is 2. The summed E-state index contributed by atoms with van der Waals surface area (Å²) in [5, 5.41) is 21.4. The van der Waals surface area contributed by atoms with Gasteiger partial charge in [0.25, 0.3) is 11.7 Å². The molecule has 34 heavy (non-hydrogen) atoms. The highest BCUT2D eigenvalue weighted by atomic mass is 16.5. The van der Waals surface area contributed by atoms with Crippen LogP contribution in [0.4, 0.5) is 0 Å². The van der Waals surface area contributed by atoms with Gasteiger partial charge in [-0.3, -0.25) is 9.59 Å². The monoisotopic (exact) mass is 466 g/mol. The molecule has 0 saturated carbocycles. The van der Waals surface area contributed by atoms with E-state index in [-0.39, 0.29) is 22.8 Å². The van der Waals surface area contributed by atoms with Crippen molar-refractivity contribution in [2.24, 2.45) is 0 Å². The van der Waals surface area contributed by atoms with E-state index in [4.69, 9.17) is 4.74 Å². The van der Waals surface area contributed by atoms with E-state index in [9.17, 15) is 19.8 Å². The molecule has 182 valence electrons. The summed E-state index contributed by atoms with van der Waals surface area (Å²) < 4.78 is 5.54. The number of ether oxygens (including phenoxy) is 1. The standard InChI is InChI=1S/C27H34N2O5/c1-5-18-9-11-19(12-10-18)25(31)23-24(20-13-14-21(30)22(17-20)34-8-4)29(27(33)26(23)32)16-15-28(6-2)7-3/h9-14,17,24,30-31H,5-8,15-16H2,1-4H3/b25-23-. The molecular formula is C27H34N2O5. The van der Waals surface area contributed by atoms with Crippen molar-refractivity contribution in [2.75, 3.05) is 32.8 Å². The van der Waals surface area contributed by atoms with Gasteiger partial charge in [0.2, 0.25) is 0 Å². The molecule has 7 nitrogen and oxygen atoms in total. The van der Waals surface area contributed by atoms with Crippen molar-refractivity contribution in [3.8, 4) is 11.5 Å². The quantitative estimate of drug-likeness (QED) is 0.311. The van der Waals surface area contributed by atoms with Crippen molar-refractivity contribution in [1.29, 1.82) is 0 Å². The number of aliphatic hydroxyl groups is 1. The first-order valence-electron chi connectivity index (χ1n) is 11.9. The van der Waals surface area contributed by atoms with Gasteiger partial charge in [0.05, 0.1) is 18.2 Å². The average molecular weight is 467 g/mol. The van der Waals surface area contributed by atoms with Crippen LogP contribution >= 0.6 is 0 Å². The molecule has 0 bridgehead atoms. The second kappa shape index (κ2) is 11.2. The number of nitrogens with zero attached hydrogens (tertiary/aromatic N) is 2. The zero-order valence-electron chi connectivity index (χ0n) is 20.4. The normalized spacial score (nSPS) is 17.6. The number of aromatic hydroxyl groups is 1. The third-order valence-corrected chi connectivity index (χ3v) is 6.33. The lowest BCUT2D eigenvalue weighted by Crippen LogP contribution is -2.38.